The second-order valence-corrected chi connectivity index (χ2v) is 3.06. The molecule has 2 N–H and O–H groups in total. The van der Waals surface area contributed by atoms with Gasteiger partial charge < -0.3 is 15.2 Å². The Labute approximate surface area is 94.2 Å². The van der Waals surface area contributed by atoms with Crippen molar-refractivity contribution >= 4 is 5.97 Å². The zero-order chi connectivity index (χ0) is 12.0. The summed E-state index contributed by atoms with van der Waals surface area (Å²) in [6.45, 7) is 0.569. The molecule has 0 bridgehead atoms. The number of aromatic hydroxyl groups is 1. The van der Waals surface area contributed by atoms with E-state index in [2.05, 4.69) is 21.9 Å². The van der Waals surface area contributed by atoms with Gasteiger partial charge in [0.15, 0.2) is 0 Å². The Morgan fingerprint density at radius 2 is 2.31 bits per heavy atom. The topological polar surface area (TPSA) is 58.6 Å². The number of phenols is 1. The molecule has 0 fully saturated rings. The second kappa shape index (κ2) is 5.79. The SMILES string of the molecule is CNCC#Cc1ccc(C(=O)OC)c(O)c1. The van der Waals surface area contributed by atoms with Gasteiger partial charge in [-0.3, -0.25) is 0 Å². The van der Waals surface area contributed by atoms with Gasteiger partial charge in [-0.25, -0.2) is 4.79 Å². The van der Waals surface area contributed by atoms with Crippen LogP contribution in [0.3, 0.4) is 0 Å². The van der Waals surface area contributed by atoms with Gasteiger partial charge in [0.25, 0.3) is 0 Å². The minimum Gasteiger partial charge on any atom is -0.507 e. The molecule has 4 heteroatoms. The average Bonchev–Trinajstić information content (AvgIpc) is 2.29. The quantitative estimate of drug-likeness (QED) is 0.569. The lowest BCUT2D eigenvalue weighted by Gasteiger charge is -2.02. The molecule has 1 rings (SSSR count). The Balaban J connectivity index is 2.92. The van der Waals surface area contributed by atoms with Crippen LogP contribution in [0.4, 0.5) is 0 Å². The molecule has 0 heterocycles. The molecule has 1 aromatic rings. The first-order chi connectivity index (χ1) is 7.69. The highest BCUT2D eigenvalue weighted by Crippen LogP contribution is 2.18. The summed E-state index contributed by atoms with van der Waals surface area (Å²) in [6, 6.07) is 4.59. The van der Waals surface area contributed by atoms with Crippen molar-refractivity contribution < 1.29 is 14.6 Å². The van der Waals surface area contributed by atoms with Crippen molar-refractivity contribution in [3.8, 4) is 17.6 Å². The molecule has 0 atom stereocenters. The van der Waals surface area contributed by atoms with Crippen molar-refractivity contribution in [1.29, 1.82) is 0 Å². The largest absolute Gasteiger partial charge is 0.507 e. The van der Waals surface area contributed by atoms with E-state index in [1.54, 1.807) is 13.1 Å². The molecule has 0 aliphatic rings. The zero-order valence-electron chi connectivity index (χ0n) is 9.20. The van der Waals surface area contributed by atoms with Crippen LogP contribution in [-0.4, -0.2) is 31.8 Å². The van der Waals surface area contributed by atoms with Crippen LogP contribution in [0.15, 0.2) is 18.2 Å². The maximum Gasteiger partial charge on any atom is 0.341 e. The molecule has 0 unspecified atom stereocenters. The molecule has 1 aromatic carbocycles. The number of hydrogen-bond acceptors (Lipinski definition) is 4. The second-order valence-electron chi connectivity index (χ2n) is 3.06. The molecular formula is C12H13NO3. The molecule has 0 saturated carbocycles. The molecule has 0 saturated heterocycles. The van der Waals surface area contributed by atoms with Gasteiger partial charge in [0.05, 0.1) is 13.7 Å². The van der Waals surface area contributed by atoms with E-state index in [-0.39, 0.29) is 11.3 Å². The molecule has 16 heavy (non-hydrogen) atoms. The Hall–Kier alpha value is -1.99. The summed E-state index contributed by atoms with van der Waals surface area (Å²) in [4.78, 5) is 11.2. The van der Waals surface area contributed by atoms with Crippen LogP contribution in [0.1, 0.15) is 15.9 Å². The zero-order valence-corrected chi connectivity index (χ0v) is 9.20. The molecule has 0 aromatic heterocycles. The van der Waals surface area contributed by atoms with Crippen LogP contribution < -0.4 is 5.32 Å². The number of carbonyl (C=O) groups excluding carboxylic acids is 1. The summed E-state index contributed by atoms with van der Waals surface area (Å²) in [7, 11) is 3.06. The van der Waals surface area contributed by atoms with E-state index in [1.807, 2.05) is 0 Å². The van der Waals surface area contributed by atoms with E-state index < -0.39 is 5.97 Å². The van der Waals surface area contributed by atoms with E-state index in [4.69, 9.17) is 0 Å². The van der Waals surface area contributed by atoms with E-state index in [9.17, 15) is 9.90 Å². The van der Waals surface area contributed by atoms with Gasteiger partial charge in [-0.05, 0) is 25.2 Å². The lowest BCUT2D eigenvalue weighted by Crippen LogP contribution is -2.04. The maximum absolute atomic E-state index is 11.2. The fraction of sp³-hybridized carbons (Fsp3) is 0.250. The summed E-state index contributed by atoms with van der Waals surface area (Å²) in [5, 5.41) is 12.4. The smallest absolute Gasteiger partial charge is 0.341 e. The van der Waals surface area contributed by atoms with Crippen LogP contribution in [0.5, 0.6) is 5.75 Å². The highest BCUT2D eigenvalue weighted by molar-refractivity contribution is 5.92. The first kappa shape index (κ1) is 12.1. The Morgan fingerprint density at radius 1 is 1.56 bits per heavy atom. The van der Waals surface area contributed by atoms with Gasteiger partial charge in [-0.1, -0.05) is 11.8 Å². The van der Waals surface area contributed by atoms with E-state index >= 15 is 0 Å². The van der Waals surface area contributed by atoms with Crippen molar-refractivity contribution in [3.63, 3.8) is 0 Å². The summed E-state index contributed by atoms with van der Waals surface area (Å²) in [5.74, 6) is 5.01. The van der Waals surface area contributed by atoms with Gasteiger partial charge in [-0.2, -0.15) is 0 Å². The van der Waals surface area contributed by atoms with Crippen molar-refractivity contribution in [1.82, 2.24) is 5.32 Å². The summed E-state index contributed by atoms with van der Waals surface area (Å²) in [5.41, 5.74) is 0.794. The normalized spacial score (nSPS) is 9.12. The Bertz CT molecular complexity index is 443. The third-order valence-electron chi connectivity index (χ3n) is 1.90. The highest BCUT2D eigenvalue weighted by atomic mass is 16.5. The van der Waals surface area contributed by atoms with E-state index in [1.165, 1.54) is 19.2 Å². The highest BCUT2D eigenvalue weighted by Gasteiger charge is 2.10. The lowest BCUT2D eigenvalue weighted by molar-refractivity contribution is 0.0597. The standard InChI is InChI=1S/C12H13NO3/c1-13-7-3-4-9-5-6-10(11(14)8-9)12(15)16-2/h5-6,8,13-14H,7H2,1-2H3. The summed E-state index contributed by atoms with van der Waals surface area (Å²) >= 11 is 0. The molecule has 84 valence electrons. The van der Waals surface area contributed by atoms with Gasteiger partial charge in [0.1, 0.15) is 11.3 Å². The number of hydrogen-bond donors (Lipinski definition) is 2. The Morgan fingerprint density at radius 3 is 2.88 bits per heavy atom. The molecule has 0 aliphatic carbocycles. The number of benzene rings is 1. The minimum atomic E-state index is -0.563. The van der Waals surface area contributed by atoms with Crippen LogP contribution in [-0.2, 0) is 4.74 Å². The molecule has 4 nitrogen and oxygen atoms in total. The van der Waals surface area contributed by atoms with Gasteiger partial charge >= 0.3 is 5.97 Å². The predicted octanol–water partition coefficient (Wildman–Crippen LogP) is 0.750. The van der Waals surface area contributed by atoms with Crippen LogP contribution in [0.25, 0.3) is 0 Å². The van der Waals surface area contributed by atoms with Crippen molar-refractivity contribution in [2.45, 2.75) is 0 Å². The first-order valence-corrected chi connectivity index (χ1v) is 4.74. The lowest BCUT2D eigenvalue weighted by atomic mass is 10.1. The fourth-order valence-corrected chi connectivity index (χ4v) is 1.13. The van der Waals surface area contributed by atoms with Crippen LogP contribution >= 0.6 is 0 Å². The molecular weight excluding hydrogens is 206 g/mol. The van der Waals surface area contributed by atoms with Gasteiger partial charge in [0.2, 0.25) is 0 Å². The molecule has 0 spiro atoms. The van der Waals surface area contributed by atoms with E-state index in [0.29, 0.717) is 12.1 Å². The van der Waals surface area contributed by atoms with Crippen molar-refractivity contribution in [3.05, 3.63) is 29.3 Å². The van der Waals surface area contributed by atoms with Crippen LogP contribution in [0.2, 0.25) is 0 Å². The van der Waals surface area contributed by atoms with Gasteiger partial charge in [0, 0.05) is 5.56 Å². The maximum atomic E-state index is 11.2. The summed E-state index contributed by atoms with van der Waals surface area (Å²) < 4.78 is 4.51. The summed E-state index contributed by atoms with van der Waals surface area (Å²) in [6.07, 6.45) is 0. The number of carbonyl (C=O) groups is 1. The monoisotopic (exact) mass is 219 g/mol. The number of esters is 1. The number of rotatable bonds is 2. The third kappa shape index (κ3) is 3.01. The predicted molar refractivity (Wildman–Crippen MR) is 60.3 cm³/mol. The van der Waals surface area contributed by atoms with Crippen LogP contribution in [0, 0.1) is 11.8 Å². The fourth-order valence-electron chi connectivity index (χ4n) is 1.13. The first-order valence-electron chi connectivity index (χ1n) is 4.74. The number of nitrogens with one attached hydrogen (secondary N) is 1. The molecule has 0 aliphatic heterocycles. The van der Waals surface area contributed by atoms with Gasteiger partial charge in [-0.15, -0.1) is 0 Å². The van der Waals surface area contributed by atoms with Crippen molar-refractivity contribution in [2.24, 2.45) is 0 Å². The van der Waals surface area contributed by atoms with Crippen molar-refractivity contribution in [2.75, 3.05) is 20.7 Å². The third-order valence-corrected chi connectivity index (χ3v) is 1.90. The Kier molecular flexibility index (Phi) is 4.37. The number of phenolic OH excluding ortho intramolecular Hbond substituents is 1. The average molecular weight is 219 g/mol. The van der Waals surface area contributed by atoms with E-state index in [0.717, 1.165) is 0 Å². The minimum absolute atomic E-state index is 0.122. The number of methoxy groups -OCH3 is 1. The molecule has 0 amide bonds. The number of ether oxygens (including phenoxy) is 1. The molecule has 0 radical (unpaired) electrons.